The molecule has 1 amide bonds. The first-order chi connectivity index (χ1) is 13.2. The van der Waals surface area contributed by atoms with Gasteiger partial charge in [-0.25, -0.2) is 9.67 Å². The van der Waals surface area contributed by atoms with Crippen molar-refractivity contribution in [2.45, 2.75) is 19.9 Å². The van der Waals surface area contributed by atoms with Crippen molar-refractivity contribution in [3.63, 3.8) is 0 Å². The summed E-state index contributed by atoms with van der Waals surface area (Å²) in [6.45, 7) is 4.42. The van der Waals surface area contributed by atoms with Gasteiger partial charge in [-0.2, -0.15) is 5.10 Å². The highest BCUT2D eigenvalue weighted by atomic mass is 16.5. The van der Waals surface area contributed by atoms with Crippen LogP contribution in [-0.2, 0) is 4.79 Å². The molecule has 0 radical (unpaired) electrons. The van der Waals surface area contributed by atoms with Crippen molar-refractivity contribution in [2.75, 3.05) is 13.2 Å². The number of nitrogens with one attached hydrogen (secondary N) is 1. The van der Waals surface area contributed by atoms with Gasteiger partial charge in [-0.15, -0.1) is 0 Å². The number of nitrogens with zero attached hydrogens (tertiary/aromatic N) is 3. The summed E-state index contributed by atoms with van der Waals surface area (Å²) in [6, 6.07) is 14.8. The number of hydrogen-bond donors (Lipinski definition) is 1. The van der Waals surface area contributed by atoms with Crippen LogP contribution < -0.4 is 14.8 Å². The molecule has 2 aromatic carbocycles. The van der Waals surface area contributed by atoms with E-state index in [0.29, 0.717) is 12.4 Å². The van der Waals surface area contributed by atoms with E-state index in [1.165, 1.54) is 6.33 Å². The summed E-state index contributed by atoms with van der Waals surface area (Å²) in [5.74, 6) is 1.22. The predicted octanol–water partition coefficient (Wildman–Crippen LogP) is 2.92. The zero-order chi connectivity index (χ0) is 19.1. The van der Waals surface area contributed by atoms with Gasteiger partial charge in [-0.05, 0) is 55.8 Å². The zero-order valence-electron chi connectivity index (χ0n) is 15.3. The molecule has 0 aliphatic carbocycles. The van der Waals surface area contributed by atoms with E-state index in [1.54, 1.807) is 23.1 Å². The molecule has 0 bridgehead atoms. The second-order valence-corrected chi connectivity index (χ2v) is 5.91. The Hall–Kier alpha value is -3.35. The lowest BCUT2D eigenvalue weighted by molar-refractivity contribution is -0.123. The zero-order valence-corrected chi connectivity index (χ0v) is 15.3. The molecule has 0 saturated heterocycles. The molecule has 0 aliphatic heterocycles. The smallest absolute Gasteiger partial charge is 0.258 e. The van der Waals surface area contributed by atoms with Gasteiger partial charge in [0, 0.05) is 0 Å². The van der Waals surface area contributed by atoms with Gasteiger partial charge in [-0.3, -0.25) is 4.79 Å². The van der Waals surface area contributed by atoms with Crippen LogP contribution in [0.25, 0.3) is 5.69 Å². The van der Waals surface area contributed by atoms with Gasteiger partial charge in [0.1, 0.15) is 24.2 Å². The largest absolute Gasteiger partial charge is 0.494 e. The topological polar surface area (TPSA) is 78.3 Å². The minimum absolute atomic E-state index is 0.0463. The molecule has 1 unspecified atom stereocenters. The number of carbonyl (C=O) groups excluding carboxylic acids is 1. The number of amides is 1. The molecule has 0 saturated carbocycles. The number of aromatic nitrogens is 3. The van der Waals surface area contributed by atoms with E-state index in [2.05, 4.69) is 15.4 Å². The molecule has 1 heterocycles. The van der Waals surface area contributed by atoms with E-state index in [4.69, 9.17) is 9.47 Å². The van der Waals surface area contributed by atoms with Gasteiger partial charge in [0.15, 0.2) is 6.61 Å². The van der Waals surface area contributed by atoms with Crippen LogP contribution in [0.4, 0.5) is 0 Å². The number of ether oxygens (including phenoxy) is 2. The molecule has 3 aromatic rings. The summed E-state index contributed by atoms with van der Waals surface area (Å²) in [7, 11) is 0. The quantitative estimate of drug-likeness (QED) is 0.663. The Labute approximate surface area is 158 Å². The molecule has 3 rings (SSSR count). The highest BCUT2D eigenvalue weighted by Gasteiger charge is 2.10. The molecule has 1 aromatic heterocycles. The second kappa shape index (κ2) is 8.84. The Bertz CT molecular complexity index is 846. The maximum atomic E-state index is 12.1. The lowest BCUT2D eigenvalue weighted by Crippen LogP contribution is -2.31. The summed E-state index contributed by atoms with van der Waals surface area (Å²) in [5, 5.41) is 7.02. The summed E-state index contributed by atoms with van der Waals surface area (Å²) in [4.78, 5) is 16.1. The van der Waals surface area contributed by atoms with E-state index in [9.17, 15) is 4.79 Å². The Morgan fingerprint density at radius 1 is 1.07 bits per heavy atom. The highest BCUT2D eigenvalue weighted by molar-refractivity contribution is 5.78. The minimum Gasteiger partial charge on any atom is -0.494 e. The van der Waals surface area contributed by atoms with Crippen LogP contribution >= 0.6 is 0 Å². The summed E-state index contributed by atoms with van der Waals surface area (Å²) < 4.78 is 12.6. The SMILES string of the molecule is CCOc1ccc(OCC(=O)NC(C)c2ccc(-n3cncn3)cc2)cc1. The maximum Gasteiger partial charge on any atom is 0.258 e. The fraction of sp³-hybridized carbons (Fsp3) is 0.250. The Morgan fingerprint density at radius 3 is 2.33 bits per heavy atom. The van der Waals surface area contributed by atoms with E-state index < -0.39 is 0 Å². The monoisotopic (exact) mass is 366 g/mol. The maximum absolute atomic E-state index is 12.1. The van der Waals surface area contributed by atoms with E-state index in [1.807, 2.05) is 50.2 Å². The number of carbonyl (C=O) groups is 1. The molecule has 0 fully saturated rings. The van der Waals surface area contributed by atoms with Crippen LogP contribution in [0.1, 0.15) is 25.5 Å². The predicted molar refractivity (Wildman–Crippen MR) is 101 cm³/mol. The van der Waals surface area contributed by atoms with Crippen molar-refractivity contribution in [2.24, 2.45) is 0 Å². The fourth-order valence-electron chi connectivity index (χ4n) is 2.57. The van der Waals surface area contributed by atoms with Gasteiger partial charge < -0.3 is 14.8 Å². The molecule has 27 heavy (non-hydrogen) atoms. The third kappa shape index (κ3) is 5.07. The summed E-state index contributed by atoms with van der Waals surface area (Å²) in [5.41, 5.74) is 1.90. The summed E-state index contributed by atoms with van der Waals surface area (Å²) >= 11 is 0. The first kappa shape index (κ1) is 18.4. The van der Waals surface area contributed by atoms with Crippen LogP contribution in [0.2, 0.25) is 0 Å². The number of rotatable bonds is 8. The average molecular weight is 366 g/mol. The second-order valence-electron chi connectivity index (χ2n) is 5.91. The molecular formula is C20H22N4O3. The number of hydrogen-bond acceptors (Lipinski definition) is 5. The first-order valence-corrected chi connectivity index (χ1v) is 8.75. The Morgan fingerprint density at radius 2 is 1.74 bits per heavy atom. The Kier molecular flexibility index (Phi) is 6.04. The van der Waals surface area contributed by atoms with E-state index >= 15 is 0 Å². The molecule has 0 aliphatic rings. The molecule has 1 atom stereocenters. The van der Waals surface area contributed by atoms with E-state index in [0.717, 1.165) is 17.0 Å². The van der Waals surface area contributed by atoms with Crippen LogP contribution in [0.15, 0.2) is 61.2 Å². The van der Waals surface area contributed by atoms with Crippen molar-refractivity contribution >= 4 is 5.91 Å². The average Bonchev–Trinajstić information content (AvgIpc) is 3.23. The first-order valence-electron chi connectivity index (χ1n) is 8.75. The fourth-order valence-corrected chi connectivity index (χ4v) is 2.57. The molecule has 7 nitrogen and oxygen atoms in total. The minimum atomic E-state index is -0.184. The highest BCUT2D eigenvalue weighted by Crippen LogP contribution is 2.18. The third-order valence-electron chi connectivity index (χ3n) is 3.96. The van der Waals surface area contributed by atoms with Crippen LogP contribution in [-0.4, -0.2) is 33.9 Å². The van der Waals surface area contributed by atoms with Gasteiger partial charge in [0.25, 0.3) is 5.91 Å². The molecular weight excluding hydrogens is 344 g/mol. The lowest BCUT2D eigenvalue weighted by atomic mass is 10.1. The van der Waals surface area contributed by atoms with Crippen molar-refractivity contribution in [3.05, 3.63) is 66.7 Å². The van der Waals surface area contributed by atoms with Gasteiger partial charge in [0.2, 0.25) is 0 Å². The lowest BCUT2D eigenvalue weighted by Gasteiger charge is -2.15. The van der Waals surface area contributed by atoms with Crippen molar-refractivity contribution < 1.29 is 14.3 Å². The molecule has 7 heteroatoms. The van der Waals surface area contributed by atoms with Crippen LogP contribution in [0, 0.1) is 0 Å². The van der Waals surface area contributed by atoms with Gasteiger partial charge in [-0.1, -0.05) is 12.1 Å². The number of benzene rings is 2. The van der Waals surface area contributed by atoms with Crippen LogP contribution in [0.5, 0.6) is 11.5 Å². The molecule has 140 valence electrons. The Balaban J connectivity index is 1.49. The van der Waals surface area contributed by atoms with Crippen LogP contribution in [0.3, 0.4) is 0 Å². The van der Waals surface area contributed by atoms with Crippen molar-refractivity contribution in [1.29, 1.82) is 0 Å². The van der Waals surface area contributed by atoms with Crippen molar-refractivity contribution in [3.8, 4) is 17.2 Å². The standard InChI is InChI=1S/C20H22N4O3/c1-3-26-18-8-10-19(11-9-18)27-12-20(25)23-15(2)16-4-6-17(7-5-16)24-14-21-13-22-24/h4-11,13-15H,3,12H2,1-2H3,(H,23,25). The van der Waals surface area contributed by atoms with Crippen molar-refractivity contribution in [1.82, 2.24) is 20.1 Å². The third-order valence-corrected chi connectivity index (χ3v) is 3.96. The normalized spacial score (nSPS) is 11.6. The molecule has 0 spiro atoms. The van der Waals surface area contributed by atoms with Gasteiger partial charge in [0.05, 0.1) is 18.3 Å². The summed E-state index contributed by atoms with van der Waals surface area (Å²) in [6.07, 6.45) is 3.12. The van der Waals surface area contributed by atoms with E-state index in [-0.39, 0.29) is 18.6 Å². The molecule has 1 N–H and O–H groups in total. The van der Waals surface area contributed by atoms with Gasteiger partial charge >= 0.3 is 0 Å².